The third-order valence-electron chi connectivity index (χ3n) is 3.68. The molecule has 0 radical (unpaired) electrons. The number of hydrazone groups is 1. The number of nitrogens with zero attached hydrogens (tertiary/aromatic N) is 2. The van der Waals surface area contributed by atoms with Gasteiger partial charge in [0.2, 0.25) is 0 Å². The van der Waals surface area contributed by atoms with Crippen LogP contribution in [0.2, 0.25) is 0 Å². The molecule has 0 spiro atoms. The fourth-order valence-corrected chi connectivity index (χ4v) is 4.51. The highest BCUT2D eigenvalue weighted by atomic mass is 127. The topological polar surface area (TPSA) is 15.6 Å². The molecular weight excluding hydrogens is 474 g/mol. The minimum Gasteiger partial charge on any atom is -0.288 e. The predicted molar refractivity (Wildman–Crippen MR) is 97.8 cm³/mol. The van der Waals surface area contributed by atoms with Crippen molar-refractivity contribution in [3.8, 4) is 0 Å². The van der Waals surface area contributed by atoms with Gasteiger partial charge in [-0.3, -0.25) is 5.01 Å². The normalized spacial score (nSPS) is 35.6. The van der Waals surface area contributed by atoms with Gasteiger partial charge >= 0.3 is 0 Å². The molecule has 106 valence electrons. The van der Waals surface area contributed by atoms with E-state index in [0.29, 0.717) is 5.92 Å². The summed E-state index contributed by atoms with van der Waals surface area (Å²) in [5.74, 6) is 0.431. The highest BCUT2D eigenvalue weighted by molar-refractivity contribution is 14.1. The van der Waals surface area contributed by atoms with Crippen LogP contribution < -0.4 is 0 Å². The molecule has 0 aromatic carbocycles. The molecule has 0 fully saturated rings. The van der Waals surface area contributed by atoms with E-state index >= 15 is 0 Å². The summed E-state index contributed by atoms with van der Waals surface area (Å²) < 4.78 is 2.20. The lowest BCUT2D eigenvalue weighted by molar-refractivity contribution is 0.225. The lowest BCUT2D eigenvalue weighted by Crippen LogP contribution is -2.37. The van der Waals surface area contributed by atoms with Gasteiger partial charge in [0.25, 0.3) is 0 Å². The highest BCUT2D eigenvalue weighted by Gasteiger charge is 2.37. The average Bonchev–Trinajstić information content (AvgIpc) is 2.70. The van der Waals surface area contributed by atoms with Crippen molar-refractivity contribution in [3.05, 3.63) is 46.0 Å². The van der Waals surface area contributed by atoms with E-state index < -0.39 is 0 Å². The van der Waals surface area contributed by atoms with Crippen LogP contribution in [0.3, 0.4) is 0 Å². The van der Waals surface area contributed by atoms with Crippen molar-refractivity contribution < 1.29 is 0 Å². The van der Waals surface area contributed by atoms with E-state index in [1.807, 2.05) is 18.2 Å². The molecule has 0 N–H and O–H groups in total. The summed E-state index contributed by atoms with van der Waals surface area (Å²) in [5, 5.41) is 7.51. The number of fused-ring (bicyclic) bond motifs is 1. The Bertz CT molecular complexity index is 568. The van der Waals surface area contributed by atoms with Gasteiger partial charge in [-0.05, 0) is 34.7 Å². The first kappa shape index (κ1) is 15.1. The first-order valence-corrected chi connectivity index (χ1v) is 8.99. The van der Waals surface area contributed by atoms with Gasteiger partial charge in [0.05, 0.1) is 17.3 Å². The molecule has 3 rings (SSSR count). The number of alkyl halides is 1. The second-order valence-corrected chi connectivity index (χ2v) is 7.92. The van der Waals surface area contributed by atoms with Crippen LogP contribution in [0.25, 0.3) is 0 Å². The Kier molecular flexibility index (Phi) is 4.65. The van der Waals surface area contributed by atoms with E-state index in [2.05, 4.69) is 66.9 Å². The number of hydrogen-bond acceptors (Lipinski definition) is 2. The molecule has 0 saturated carbocycles. The molecule has 2 aliphatic carbocycles. The number of halogens is 4. The maximum absolute atomic E-state index is 6.37. The van der Waals surface area contributed by atoms with Gasteiger partial charge in [0, 0.05) is 22.0 Å². The van der Waals surface area contributed by atoms with Crippen molar-refractivity contribution in [2.45, 2.75) is 11.4 Å². The Balaban J connectivity index is 1.80. The minimum absolute atomic E-state index is 0.0778. The van der Waals surface area contributed by atoms with Gasteiger partial charge in [-0.2, -0.15) is 5.10 Å². The van der Waals surface area contributed by atoms with Crippen LogP contribution in [0.4, 0.5) is 0 Å². The van der Waals surface area contributed by atoms with Crippen molar-refractivity contribution in [1.29, 1.82) is 0 Å². The molecule has 4 atom stereocenters. The van der Waals surface area contributed by atoms with Crippen molar-refractivity contribution in [3.63, 3.8) is 0 Å². The number of rotatable bonds is 2. The third kappa shape index (κ3) is 2.89. The zero-order valence-electron chi connectivity index (χ0n) is 10.4. The minimum atomic E-state index is -0.0778. The van der Waals surface area contributed by atoms with Crippen LogP contribution in [-0.2, 0) is 0 Å². The maximum Gasteiger partial charge on any atom is 0.108 e. The average molecular weight is 486 g/mol. The second-order valence-electron chi connectivity index (χ2n) is 4.96. The van der Waals surface area contributed by atoms with Crippen molar-refractivity contribution in [2.75, 3.05) is 6.54 Å². The zero-order chi connectivity index (χ0) is 14.3. The molecule has 6 heteroatoms. The van der Waals surface area contributed by atoms with E-state index in [1.54, 1.807) is 0 Å². The summed E-state index contributed by atoms with van der Waals surface area (Å²) >= 11 is 18.5. The fraction of sp³-hybridized carbons (Fsp3) is 0.357. The Labute approximate surface area is 150 Å². The molecule has 1 heterocycles. The van der Waals surface area contributed by atoms with Gasteiger partial charge in [0.15, 0.2) is 0 Å². The van der Waals surface area contributed by atoms with E-state index in [4.69, 9.17) is 23.2 Å². The maximum atomic E-state index is 6.37. The standard InChI is InChI=1S/C14H12BrCl2IN2/c15-8-4-5-9-13(6-8)20(19-14(9)18)7-10-11(16)2-1-3-12(10)17/h1-6,9-11,13H,7H2. The van der Waals surface area contributed by atoms with E-state index in [9.17, 15) is 0 Å². The summed E-state index contributed by atoms with van der Waals surface area (Å²) in [7, 11) is 0. The van der Waals surface area contributed by atoms with E-state index in [0.717, 1.165) is 19.8 Å². The van der Waals surface area contributed by atoms with Crippen molar-refractivity contribution in [2.24, 2.45) is 16.9 Å². The molecule has 0 saturated heterocycles. The molecule has 0 aromatic rings. The highest BCUT2D eigenvalue weighted by Crippen LogP contribution is 2.36. The van der Waals surface area contributed by atoms with E-state index in [-0.39, 0.29) is 17.3 Å². The molecule has 3 aliphatic rings. The molecule has 0 bridgehead atoms. The molecule has 20 heavy (non-hydrogen) atoms. The van der Waals surface area contributed by atoms with Crippen LogP contribution >= 0.6 is 61.7 Å². The molecular formula is C14H12BrCl2IN2. The number of allylic oxidation sites excluding steroid dienone is 5. The summed E-state index contributed by atoms with van der Waals surface area (Å²) in [6, 6.07) is 0.250. The first-order valence-electron chi connectivity index (χ1n) is 6.30. The van der Waals surface area contributed by atoms with Crippen LogP contribution in [0.15, 0.2) is 51.1 Å². The quantitative estimate of drug-likeness (QED) is 0.405. The van der Waals surface area contributed by atoms with Crippen molar-refractivity contribution >= 4 is 65.4 Å². The number of hydrogen-bond donors (Lipinski definition) is 0. The Morgan fingerprint density at radius 3 is 2.95 bits per heavy atom. The first-order chi connectivity index (χ1) is 9.56. The molecule has 0 amide bonds. The van der Waals surface area contributed by atoms with Gasteiger partial charge < -0.3 is 0 Å². The van der Waals surface area contributed by atoms with Crippen LogP contribution in [0.5, 0.6) is 0 Å². The van der Waals surface area contributed by atoms with Gasteiger partial charge in [-0.25, -0.2) is 0 Å². The van der Waals surface area contributed by atoms with Crippen LogP contribution in [-0.4, -0.2) is 26.7 Å². The summed E-state index contributed by atoms with van der Waals surface area (Å²) in [6.45, 7) is 0.728. The second kappa shape index (κ2) is 6.15. The Morgan fingerprint density at radius 2 is 2.20 bits per heavy atom. The van der Waals surface area contributed by atoms with Crippen molar-refractivity contribution in [1.82, 2.24) is 5.01 Å². The predicted octanol–water partition coefficient (Wildman–Crippen LogP) is 4.80. The summed E-state index contributed by atoms with van der Waals surface area (Å²) in [6.07, 6.45) is 12.3. The summed E-state index contributed by atoms with van der Waals surface area (Å²) in [5.41, 5.74) is 0. The van der Waals surface area contributed by atoms with Gasteiger partial charge in [0.1, 0.15) is 3.72 Å². The lowest BCUT2D eigenvalue weighted by Gasteiger charge is -2.31. The Morgan fingerprint density at radius 1 is 1.40 bits per heavy atom. The lowest BCUT2D eigenvalue weighted by atomic mass is 9.95. The molecule has 1 aliphatic heterocycles. The monoisotopic (exact) mass is 484 g/mol. The van der Waals surface area contributed by atoms with E-state index in [1.165, 1.54) is 0 Å². The van der Waals surface area contributed by atoms with Crippen LogP contribution in [0, 0.1) is 11.8 Å². The largest absolute Gasteiger partial charge is 0.288 e. The Hall–Kier alpha value is 0.220. The van der Waals surface area contributed by atoms with Crippen LogP contribution in [0.1, 0.15) is 0 Å². The van der Waals surface area contributed by atoms with Gasteiger partial charge in [-0.1, -0.05) is 51.8 Å². The summed E-state index contributed by atoms with van der Waals surface area (Å²) in [4.78, 5) is 0. The molecule has 4 unspecified atom stereocenters. The fourth-order valence-electron chi connectivity index (χ4n) is 2.59. The smallest absolute Gasteiger partial charge is 0.108 e. The third-order valence-corrected chi connectivity index (χ3v) is 6.00. The SMILES string of the molecule is ClC1=CC=CC(Cl)C1CN1N=C(I)C2C=CC(Br)=CC21. The van der Waals surface area contributed by atoms with Gasteiger partial charge in [-0.15, -0.1) is 11.6 Å². The molecule has 2 nitrogen and oxygen atoms in total. The molecule has 0 aromatic heterocycles. The zero-order valence-corrected chi connectivity index (χ0v) is 15.6.